The molecule has 7 rings (SSSR count). The molecule has 11 heteroatoms. The maximum Gasteiger partial charge on any atom is 0.338 e. The molecule has 0 bridgehead atoms. The summed E-state index contributed by atoms with van der Waals surface area (Å²) in [6, 6.07) is 19.6. The number of carbonyl (C=O) groups excluding carboxylic acids is 1. The van der Waals surface area contributed by atoms with Crippen molar-refractivity contribution in [1.82, 2.24) is 13.7 Å². The fourth-order valence-corrected chi connectivity index (χ4v) is 6.60. The maximum atomic E-state index is 14.2. The van der Waals surface area contributed by atoms with E-state index < -0.39 is 12.0 Å². The van der Waals surface area contributed by atoms with Gasteiger partial charge in [0.1, 0.15) is 0 Å². The van der Waals surface area contributed by atoms with Crippen molar-refractivity contribution in [1.29, 1.82) is 0 Å². The number of esters is 1. The summed E-state index contributed by atoms with van der Waals surface area (Å²) >= 11 is 1.24. The molecule has 43 heavy (non-hydrogen) atoms. The van der Waals surface area contributed by atoms with Gasteiger partial charge in [0.05, 0.1) is 39.5 Å². The zero-order chi connectivity index (χ0) is 29.8. The number of ether oxygens (including phenoxy) is 3. The molecule has 1 atom stereocenters. The average molecular weight is 595 g/mol. The molecule has 0 unspecified atom stereocenters. The topological polar surface area (TPSA) is 106 Å². The lowest BCUT2D eigenvalue weighted by atomic mass is 9.93. The van der Waals surface area contributed by atoms with Crippen LogP contribution in [0.25, 0.3) is 22.8 Å². The fraction of sp³-hybridized carbons (Fsp3) is 0.188. The summed E-state index contributed by atoms with van der Waals surface area (Å²) in [4.78, 5) is 45.6. The van der Waals surface area contributed by atoms with E-state index in [2.05, 4.69) is 0 Å². The number of rotatable bonds is 5. The summed E-state index contributed by atoms with van der Waals surface area (Å²) in [6.07, 6.45) is 1.79. The minimum atomic E-state index is -0.834. The molecule has 5 aromatic rings. The Kier molecular flexibility index (Phi) is 6.39. The second kappa shape index (κ2) is 10.3. The van der Waals surface area contributed by atoms with E-state index in [-0.39, 0.29) is 30.2 Å². The van der Waals surface area contributed by atoms with Crippen molar-refractivity contribution in [3.8, 4) is 11.5 Å². The van der Waals surface area contributed by atoms with Gasteiger partial charge in [-0.2, -0.15) is 0 Å². The molecule has 10 nitrogen and oxygen atoms in total. The predicted octanol–water partition coefficient (Wildman–Crippen LogP) is 2.85. The molecule has 0 spiro atoms. The summed E-state index contributed by atoms with van der Waals surface area (Å²) in [5, 5.41) is 0. The molecule has 3 aromatic carbocycles. The third-order valence-corrected chi connectivity index (χ3v) is 8.66. The van der Waals surface area contributed by atoms with Crippen LogP contribution in [0.1, 0.15) is 29.7 Å². The van der Waals surface area contributed by atoms with Gasteiger partial charge in [0.2, 0.25) is 6.79 Å². The highest BCUT2D eigenvalue weighted by Crippen LogP contribution is 2.40. The van der Waals surface area contributed by atoms with Crippen LogP contribution in [-0.4, -0.2) is 33.1 Å². The smallest absolute Gasteiger partial charge is 0.338 e. The van der Waals surface area contributed by atoms with Gasteiger partial charge in [-0.05, 0) is 48.4 Å². The Bertz CT molecular complexity index is 2220. The van der Waals surface area contributed by atoms with Gasteiger partial charge in [0, 0.05) is 19.7 Å². The number of hydrogen-bond donors (Lipinski definition) is 0. The summed E-state index contributed by atoms with van der Waals surface area (Å²) in [5.41, 5.74) is 3.95. The molecule has 4 heterocycles. The van der Waals surface area contributed by atoms with Crippen LogP contribution in [-0.2, 0) is 23.6 Å². The van der Waals surface area contributed by atoms with Crippen LogP contribution >= 0.6 is 11.3 Å². The van der Waals surface area contributed by atoms with E-state index in [0.29, 0.717) is 32.1 Å². The van der Waals surface area contributed by atoms with E-state index in [1.807, 2.05) is 54.6 Å². The highest BCUT2D eigenvalue weighted by Gasteiger charge is 2.36. The molecule has 0 saturated heterocycles. The molecule has 2 aliphatic heterocycles. The summed E-state index contributed by atoms with van der Waals surface area (Å²) < 4.78 is 21.8. The summed E-state index contributed by atoms with van der Waals surface area (Å²) in [6.45, 7) is 1.99. The van der Waals surface area contributed by atoms with Gasteiger partial charge in [-0.1, -0.05) is 53.8 Å². The molecule has 2 aliphatic rings. The Morgan fingerprint density at radius 3 is 2.56 bits per heavy atom. The van der Waals surface area contributed by atoms with Gasteiger partial charge in [-0.15, -0.1) is 0 Å². The molecule has 0 amide bonds. The lowest BCUT2D eigenvalue weighted by Gasteiger charge is -2.26. The van der Waals surface area contributed by atoms with Crippen LogP contribution < -0.4 is 30.1 Å². The van der Waals surface area contributed by atoms with Crippen LogP contribution in [0, 0.1) is 0 Å². The number of imidazole rings is 1. The van der Waals surface area contributed by atoms with Crippen molar-refractivity contribution < 1.29 is 19.0 Å². The highest BCUT2D eigenvalue weighted by atomic mass is 32.1. The zero-order valence-corrected chi connectivity index (χ0v) is 24.4. The largest absolute Gasteiger partial charge is 0.463 e. The molecule has 0 aliphatic carbocycles. The Labute approximate surface area is 248 Å². The number of benzene rings is 3. The first-order valence-electron chi connectivity index (χ1n) is 13.7. The normalized spacial score (nSPS) is 16.0. The number of nitrogens with zero attached hydrogens (tertiary/aromatic N) is 4. The van der Waals surface area contributed by atoms with E-state index in [1.54, 1.807) is 52.9 Å². The predicted molar refractivity (Wildman–Crippen MR) is 162 cm³/mol. The van der Waals surface area contributed by atoms with Crippen LogP contribution in [0.3, 0.4) is 0 Å². The Balaban J connectivity index is 1.49. The zero-order valence-electron chi connectivity index (χ0n) is 23.6. The third-order valence-electron chi connectivity index (χ3n) is 7.68. The van der Waals surface area contributed by atoms with Crippen LogP contribution in [0.2, 0.25) is 0 Å². The Morgan fingerprint density at radius 1 is 1.00 bits per heavy atom. The minimum absolute atomic E-state index is 0.0920. The second-order valence-electron chi connectivity index (χ2n) is 10.2. The van der Waals surface area contributed by atoms with Crippen molar-refractivity contribution in [3.63, 3.8) is 0 Å². The van der Waals surface area contributed by atoms with E-state index in [0.717, 1.165) is 22.2 Å². The number of aryl methyl sites for hydroxylation is 2. The van der Waals surface area contributed by atoms with Gasteiger partial charge in [-0.25, -0.2) is 14.6 Å². The number of aromatic nitrogens is 3. The van der Waals surface area contributed by atoms with E-state index in [9.17, 15) is 14.4 Å². The van der Waals surface area contributed by atoms with E-state index >= 15 is 0 Å². The second-order valence-corrected chi connectivity index (χ2v) is 11.2. The molecular weight excluding hydrogens is 568 g/mol. The van der Waals surface area contributed by atoms with Crippen molar-refractivity contribution in [3.05, 3.63) is 119 Å². The summed E-state index contributed by atoms with van der Waals surface area (Å²) in [5.74, 6) is 0.562. The van der Waals surface area contributed by atoms with E-state index in [4.69, 9.17) is 19.2 Å². The SMILES string of the molecule is CCOC(=O)C1=C(c2ccccc2)N=c2s/c(=C/c3ccc4c(c3)n(C)c(=O)n4C)c(=O)n2[C@H]1c1ccc2c(c1)OCO2. The third kappa shape index (κ3) is 4.31. The summed E-state index contributed by atoms with van der Waals surface area (Å²) in [7, 11) is 3.44. The van der Waals surface area contributed by atoms with Crippen LogP contribution in [0.5, 0.6) is 11.5 Å². The first-order valence-corrected chi connectivity index (χ1v) is 14.5. The molecule has 216 valence electrons. The van der Waals surface area contributed by atoms with Gasteiger partial charge in [0.25, 0.3) is 5.56 Å². The number of carbonyl (C=O) groups is 1. The molecule has 0 radical (unpaired) electrons. The minimum Gasteiger partial charge on any atom is -0.463 e. The van der Waals surface area contributed by atoms with Gasteiger partial charge in [-0.3, -0.25) is 18.5 Å². The first kappa shape index (κ1) is 26.7. The maximum absolute atomic E-state index is 14.2. The van der Waals surface area contributed by atoms with Gasteiger partial charge in [0.15, 0.2) is 16.3 Å². The molecule has 0 saturated carbocycles. The lowest BCUT2D eigenvalue weighted by Crippen LogP contribution is -2.40. The molecule has 0 N–H and O–H groups in total. The monoisotopic (exact) mass is 594 g/mol. The van der Waals surface area contributed by atoms with Crippen molar-refractivity contribution in [2.24, 2.45) is 19.1 Å². The number of thiazole rings is 1. The standard InChI is InChI=1S/C32H26N4O6S/c1-4-40-30(38)26-27(19-8-6-5-7-9-19)33-31-36(28(26)20-11-13-23-24(16-20)42-17-41-23)29(37)25(43-31)15-18-10-12-21-22(14-18)35(3)32(39)34(21)2/h5-16,28H,4,17H2,1-3H3/b25-15+/t28-/m0/s1. The molecular formula is C32H26N4O6S. The Hall–Kier alpha value is -5.16. The molecule has 2 aromatic heterocycles. The molecule has 0 fully saturated rings. The fourth-order valence-electron chi connectivity index (χ4n) is 5.60. The highest BCUT2D eigenvalue weighted by molar-refractivity contribution is 7.07. The van der Waals surface area contributed by atoms with Crippen molar-refractivity contribution in [2.75, 3.05) is 13.4 Å². The van der Waals surface area contributed by atoms with Gasteiger partial charge >= 0.3 is 11.7 Å². The first-order chi connectivity index (χ1) is 20.9. The number of fused-ring (bicyclic) bond motifs is 3. The lowest BCUT2D eigenvalue weighted by molar-refractivity contribution is -0.138. The van der Waals surface area contributed by atoms with Crippen LogP contribution in [0.15, 0.2) is 86.9 Å². The van der Waals surface area contributed by atoms with Crippen LogP contribution in [0.4, 0.5) is 0 Å². The van der Waals surface area contributed by atoms with E-state index in [1.165, 1.54) is 11.3 Å². The van der Waals surface area contributed by atoms with Crippen molar-refractivity contribution >= 4 is 40.1 Å². The Morgan fingerprint density at radius 2 is 1.77 bits per heavy atom. The van der Waals surface area contributed by atoms with Crippen molar-refractivity contribution in [2.45, 2.75) is 13.0 Å². The average Bonchev–Trinajstić information content (AvgIpc) is 3.68. The van der Waals surface area contributed by atoms with Gasteiger partial charge < -0.3 is 14.2 Å². The number of hydrogen-bond acceptors (Lipinski definition) is 8. The quantitative estimate of drug-likeness (QED) is 0.290.